The number of fused-ring (bicyclic) bond motifs is 1. The number of carbonyl (C=O) groups is 2. The number of hydrogen-bond acceptors (Lipinski definition) is 6. The lowest BCUT2D eigenvalue weighted by molar-refractivity contribution is -0.123. The number of amides is 2. The summed E-state index contributed by atoms with van der Waals surface area (Å²) in [4.78, 5) is 28.2. The minimum Gasteiger partial charge on any atom is -0.504 e. The zero-order chi connectivity index (χ0) is 30.0. The quantitative estimate of drug-likeness (QED) is 0.114. The van der Waals surface area contributed by atoms with Gasteiger partial charge in [-0.15, -0.1) is 0 Å². The summed E-state index contributed by atoms with van der Waals surface area (Å²) in [6, 6.07) is 22.4. The second kappa shape index (κ2) is 12.8. The monoisotopic (exact) mass is 679 g/mol. The van der Waals surface area contributed by atoms with E-state index in [1.807, 2.05) is 55.5 Å². The number of aliphatic hydroxyl groups is 2. The lowest BCUT2D eigenvalue weighted by Crippen LogP contribution is -2.38. The van der Waals surface area contributed by atoms with Gasteiger partial charge in [0.05, 0.1) is 40.9 Å². The average Bonchev–Trinajstić information content (AvgIpc) is 3.25. The number of para-hydroxylation sites is 1. The molecule has 0 bridgehead atoms. The van der Waals surface area contributed by atoms with Gasteiger partial charge in [-0.05, 0) is 95.3 Å². The topological polar surface area (TPSA) is 107 Å². The molecule has 1 fully saturated rings. The van der Waals surface area contributed by atoms with Crippen LogP contribution in [0, 0.1) is 21.3 Å². The van der Waals surface area contributed by atoms with Crippen LogP contribution in [0.25, 0.3) is 11.6 Å². The van der Waals surface area contributed by atoms with Crippen LogP contribution >= 0.6 is 22.6 Å². The molecule has 3 aromatic carbocycles. The Morgan fingerprint density at radius 1 is 1.07 bits per heavy atom. The van der Waals surface area contributed by atoms with Crippen molar-refractivity contribution in [3.63, 3.8) is 0 Å². The number of allylic oxidation sites excluding steroid dienone is 2. The van der Waals surface area contributed by atoms with Crippen molar-refractivity contribution in [2.24, 2.45) is 17.8 Å². The summed E-state index contributed by atoms with van der Waals surface area (Å²) >= 11 is 2.07. The van der Waals surface area contributed by atoms with E-state index in [4.69, 9.17) is 4.74 Å². The molecule has 2 aliphatic rings. The zero-order valence-corrected chi connectivity index (χ0v) is 25.7. The molecule has 1 aliphatic heterocycles. The highest BCUT2D eigenvalue weighted by atomic mass is 127. The fraction of sp³-hybridized carbons (Fsp3) is 0.294. The van der Waals surface area contributed by atoms with Gasteiger partial charge >= 0.3 is 0 Å². The maximum absolute atomic E-state index is 13.6. The maximum Gasteiger partial charge on any atom is 0.238 e. The molecule has 0 unspecified atom stereocenters. The van der Waals surface area contributed by atoms with Crippen LogP contribution in [0.4, 0.5) is 5.69 Å². The fourth-order valence-electron chi connectivity index (χ4n) is 6.38. The SMILES string of the molecule is COc1cc(/C=C(/CC[C@@H](O)C2=C(C)C[C@H]3C(=O)N(c4ccccc4)C(=O)[C@H]3[C@H]2CO)c2ccccc2)cc(I)c1O. The van der Waals surface area contributed by atoms with Crippen LogP contribution in [0.15, 0.2) is 83.9 Å². The van der Waals surface area contributed by atoms with Crippen LogP contribution in [-0.4, -0.2) is 47.0 Å². The van der Waals surface area contributed by atoms with Gasteiger partial charge in [0, 0.05) is 5.92 Å². The Bertz CT molecular complexity index is 1530. The molecule has 8 heteroatoms. The number of anilines is 1. The summed E-state index contributed by atoms with van der Waals surface area (Å²) in [6.07, 6.45) is 2.35. The number of methoxy groups -OCH3 is 1. The number of carbonyl (C=O) groups excluding carboxylic acids is 2. The number of phenols is 1. The Labute approximate surface area is 259 Å². The number of aliphatic hydroxyl groups excluding tert-OH is 2. The molecule has 3 aromatic rings. The Kier molecular flexibility index (Phi) is 9.15. The van der Waals surface area contributed by atoms with Crippen LogP contribution in [0.5, 0.6) is 11.5 Å². The van der Waals surface area contributed by atoms with Crippen molar-refractivity contribution in [3.05, 3.63) is 98.6 Å². The Morgan fingerprint density at radius 2 is 1.74 bits per heavy atom. The Morgan fingerprint density at radius 3 is 2.38 bits per heavy atom. The van der Waals surface area contributed by atoms with E-state index in [9.17, 15) is 24.9 Å². The van der Waals surface area contributed by atoms with E-state index in [2.05, 4.69) is 22.6 Å². The van der Waals surface area contributed by atoms with Gasteiger partial charge in [0.1, 0.15) is 0 Å². The summed E-state index contributed by atoms with van der Waals surface area (Å²) in [5, 5.41) is 32.4. The second-order valence-electron chi connectivity index (χ2n) is 10.9. The van der Waals surface area contributed by atoms with Crippen molar-refractivity contribution in [1.82, 2.24) is 0 Å². The van der Waals surface area contributed by atoms with Gasteiger partial charge in [0.2, 0.25) is 11.8 Å². The molecular weight excluding hydrogens is 645 g/mol. The number of imide groups is 1. The van der Waals surface area contributed by atoms with Crippen LogP contribution in [0.3, 0.4) is 0 Å². The van der Waals surface area contributed by atoms with Gasteiger partial charge in [-0.1, -0.05) is 60.2 Å². The van der Waals surface area contributed by atoms with E-state index in [1.54, 1.807) is 30.3 Å². The van der Waals surface area contributed by atoms with E-state index < -0.39 is 23.9 Å². The fourth-order valence-corrected chi connectivity index (χ4v) is 7.01. The molecule has 4 atom stereocenters. The standard InChI is InChI=1S/C34H34INO6/c1-20-15-25-31(34(41)36(33(25)40)24-11-7-4-8-12-24)26(19-37)30(20)28(38)14-13-23(22-9-5-3-6-10-22)16-21-17-27(35)32(39)29(18-21)42-2/h3-12,16-18,25-26,28,31,37-39H,13-15,19H2,1-2H3/b23-16-/t25-,26+,28-,31-/m1/s1. The lowest BCUT2D eigenvalue weighted by Gasteiger charge is -2.35. The molecule has 1 saturated heterocycles. The van der Waals surface area contributed by atoms with Crippen LogP contribution in [0.1, 0.15) is 37.3 Å². The summed E-state index contributed by atoms with van der Waals surface area (Å²) in [5.41, 5.74) is 4.85. The molecule has 0 spiro atoms. The number of phenolic OH excluding ortho intramolecular Hbond substituents is 1. The highest BCUT2D eigenvalue weighted by molar-refractivity contribution is 14.1. The zero-order valence-electron chi connectivity index (χ0n) is 23.5. The van der Waals surface area contributed by atoms with Gasteiger partial charge in [0.15, 0.2) is 11.5 Å². The van der Waals surface area contributed by atoms with E-state index in [0.29, 0.717) is 39.8 Å². The average molecular weight is 680 g/mol. The van der Waals surface area contributed by atoms with E-state index >= 15 is 0 Å². The van der Waals surface area contributed by atoms with Gasteiger partial charge in [-0.3, -0.25) is 14.5 Å². The van der Waals surface area contributed by atoms with Gasteiger partial charge in [-0.25, -0.2) is 0 Å². The molecule has 0 aromatic heterocycles. The highest BCUT2D eigenvalue weighted by Crippen LogP contribution is 2.47. The second-order valence-corrected chi connectivity index (χ2v) is 12.0. The third-order valence-corrected chi connectivity index (χ3v) is 9.16. The predicted molar refractivity (Wildman–Crippen MR) is 171 cm³/mol. The number of nitrogens with zero attached hydrogens (tertiary/aromatic N) is 1. The van der Waals surface area contributed by atoms with Gasteiger partial charge in [0.25, 0.3) is 0 Å². The lowest BCUT2D eigenvalue weighted by atomic mass is 9.68. The maximum atomic E-state index is 13.6. The molecule has 7 nitrogen and oxygen atoms in total. The minimum atomic E-state index is -0.904. The Hall–Kier alpha value is -3.47. The summed E-state index contributed by atoms with van der Waals surface area (Å²) < 4.78 is 6.01. The molecule has 0 saturated carbocycles. The number of benzene rings is 3. The van der Waals surface area contributed by atoms with Crippen LogP contribution in [0.2, 0.25) is 0 Å². The Balaban J connectivity index is 1.42. The van der Waals surface area contributed by atoms with Crippen molar-refractivity contribution in [1.29, 1.82) is 0 Å². The van der Waals surface area contributed by atoms with Crippen LogP contribution in [-0.2, 0) is 9.59 Å². The number of halogens is 1. The van der Waals surface area contributed by atoms with E-state index in [1.165, 1.54) is 12.0 Å². The molecule has 42 heavy (non-hydrogen) atoms. The smallest absolute Gasteiger partial charge is 0.238 e. The molecule has 2 amide bonds. The minimum absolute atomic E-state index is 0.0887. The third-order valence-electron chi connectivity index (χ3n) is 8.34. The summed E-state index contributed by atoms with van der Waals surface area (Å²) in [5.74, 6) is -2.03. The molecule has 218 valence electrons. The van der Waals surface area contributed by atoms with E-state index in [-0.39, 0.29) is 24.2 Å². The number of aromatic hydroxyl groups is 1. The molecule has 1 heterocycles. The number of rotatable bonds is 9. The number of hydrogen-bond donors (Lipinski definition) is 3. The molecule has 0 radical (unpaired) electrons. The van der Waals surface area contributed by atoms with Crippen molar-refractivity contribution in [2.45, 2.75) is 32.3 Å². The van der Waals surface area contributed by atoms with Gasteiger partial charge in [-0.2, -0.15) is 0 Å². The summed E-state index contributed by atoms with van der Waals surface area (Å²) in [6.45, 7) is 1.55. The predicted octanol–water partition coefficient (Wildman–Crippen LogP) is 5.82. The van der Waals surface area contributed by atoms with E-state index in [0.717, 1.165) is 22.3 Å². The molecule has 1 aliphatic carbocycles. The summed E-state index contributed by atoms with van der Waals surface area (Å²) in [7, 11) is 1.51. The largest absolute Gasteiger partial charge is 0.504 e. The normalized spacial score (nSPS) is 21.5. The third kappa shape index (κ3) is 5.75. The molecule has 3 N–H and O–H groups in total. The van der Waals surface area contributed by atoms with Crippen molar-refractivity contribution in [3.8, 4) is 11.5 Å². The van der Waals surface area contributed by atoms with Crippen molar-refractivity contribution in [2.75, 3.05) is 18.6 Å². The first-order chi connectivity index (χ1) is 20.2. The molecular formula is C34H34INO6. The van der Waals surface area contributed by atoms with Crippen LogP contribution < -0.4 is 9.64 Å². The first-order valence-electron chi connectivity index (χ1n) is 14.0. The van der Waals surface area contributed by atoms with Crippen molar-refractivity contribution < 1.29 is 29.6 Å². The first-order valence-corrected chi connectivity index (χ1v) is 15.1. The number of ether oxygens (including phenoxy) is 1. The van der Waals surface area contributed by atoms with Crippen molar-refractivity contribution >= 4 is 51.7 Å². The van der Waals surface area contributed by atoms with Gasteiger partial charge < -0.3 is 20.1 Å². The highest BCUT2D eigenvalue weighted by Gasteiger charge is 2.54. The molecule has 5 rings (SSSR count). The first kappa shape index (κ1) is 30.0.